The molecule has 0 aromatic rings. The number of hydrogen-bond donors (Lipinski definition) is 3. The number of rotatable bonds is 7. The molecule has 5 N–H and O–H groups in total. The SMILES string of the molecule is CC(C)C(=O)[C@H](N)CCCCC(=N)N. The maximum atomic E-state index is 11.4. The van der Waals surface area contributed by atoms with E-state index in [0.29, 0.717) is 12.8 Å². The zero-order valence-electron chi connectivity index (χ0n) is 9.05. The van der Waals surface area contributed by atoms with E-state index in [9.17, 15) is 4.79 Å². The fourth-order valence-electron chi connectivity index (χ4n) is 1.25. The molecule has 4 heteroatoms. The summed E-state index contributed by atoms with van der Waals surface area (Å²) in [5.74, 6) is 0.333. The number of nitrogens with two attached hydrogens (primary N) is 2. The smallest absolute Gasteiger partial charge is 0.152 e. The van der Waals surface area contributed by atoms with Gasteiger partial charge in [-0.3, -0.25) is 10.2 Å². The molecule has 0 radical (unpaired) electrons. The lowest BCUT2D eigenvalue weighted by molar-refractivity contribution is -0.123. The van der Waals surface area contributed by atoms with Crippen LogP contribution in [-0.2, 0) is 4.79 Å². The Morgan fingerprint density at radius 3 is 2.36 bits per heavy atom. The Kier molecular flexibility index (Phi) is 6.12. The van der Waals surface area contributed by atoms with Crippen molar-refractivity contribution in [3.8, 4) is 0 Å². The van der Waals surface area contributed by atoms with Crippen molar-refractivity contribution in [2.45, 2.75) is 45.6 Å². The zero-order chi connectivity index (χ0) is 11.1. The molecule has 0 aromatic carbocycles. The Morgan fingerprint density at radius 2 is 1.93 bits per heavy atom. The highest BCUT2D eigenvalue weighted by molar-refractivity contribution is 5.85. The fourth-order valence-corrected chi connectivity index (χ4v) is 1.25. The minimum Gasteiger partial charge on any atom is -0.388 e. The molecule has 0 amide bonds. The minimum atomic E-state index is -0.345. The molecule has 1 atom stereocenters. The highest BCUT2D eigenvalue weighted by Gasteiger charge is 2.15. The Hall–Kier alpha value is -0.900. The second kappa shape index (κ2) is 6.54. The van der Waals surface area contributed by atoms with E-state index in [0.717, 1.165) is 12.8 Å². The summed E-state index contributed by atoms with van der Waals surface area (Å²) >= 11 is 0. The van der Waals surface area contributed by atoms with Gasteiger partial charge < -0.3 is 11.5 Å². The van der Waals surface area contributed by atoms with Crippen LogP contribution >= 0.6 is 0 Å². The molecule has 0 aliphatic carbocycles. The second-order valence-electron chi connectivity index (χ2n) is 3.93. The van der Waals surface area contributed by atoms with E-state index in [1.54, 1.807) is 0 Å². The highest BCUT2D eigenvalue weighted by Crippen LogP contribution is 2.06. The standard InChI is InChI=1S/C10H21N3O/c1-7(2)10(14)8(11)5-3-4-6-9(12)13/h7-8H,3-6,11H2,1-2H3,(H3,12,13)/t8-/m1/s1. The number of unbranched alkanes of at least 4 members (excludes halogenated alkanes) is 1. The second-order valence-corrected chi connectivity index (χ2v) is 3.93. The molecule has 0 saturated carbocycles. The third-order valence-electron chi connectivity index (χ3n) is 2.15. The van der Waals surface area contributed by atoms with E-state index in [2.05, 4.69) is 0 Å². The average Bonchev–Trinajstić information content (AvgIpc) is 2.10. The number of hydrogen-bond acceptors (Lipinski definition) is 3. The summed E-state index contributed by atoms with van der Waals surface area (Å²) in [6.45, 7) is 3.72. The summed E-state index contributed by atoms with van der Waals surface area (Å²) in [5.41, 5.74) is 10.9. The van der Waals surface area contributed by atoms with Crippen molar-refractivity contribution in [2.24, 2.45) is 17.4 Å². The highest BCUT2D eigenvalue weighted by atomic mass is 16.1. The Bertz CT molecular complexity index is 202. The molecule has 0 saturated heterocycles. The minimum absolute atomic E-state index is 0.0119. The largest absolute Gasteiger partial charge is 0.388 e. The van der Waals surface area contributed by atoms with Crippen molar-refractivity contribution in [1.82, 2.24) is 0 Å². The maximum absolute atomic E-state index is 11.4. The van der Waals surface area contributed by atoms with Crippen LogP contribution in [0.4, 0.5) is 0 Å². The lowest BCUT2D eigenvalue weighted by Crippen LogP contribution is -2.33. The molecule has 82 valence electrons. The van der Waals surface area contributed by atoms with Gasteiger partial charge in [0.25, 0.3) is 0 Å². The summed E-state index contributed by atoms with van der Waals surface area (Å²) in [6, 6.07) is -0.345. The first kappa shape index (κ1) is 13.1. The third kappa shape index (κ3) is 5.70. The van der Waals surface area contributed by atoms with Crippen LogP contribution in [0.1, 0.15) is 39.5 Å². The van der Waals surface area contributed by atoms with Crippen molar-refractivity contribution in [3.63, 3.8) is 0 Å². The molecule has 0 aliphatic heterocycles. The first-order valence-corrected chi connectivity index (χ1v) is 5.07. The summed E-state index contributed by atoms with van der Waals surface area (Å²) in [4.78, 5) is 11.4. The monoisotopic (exact) mass is 199 g/mol. The number of amidine groups is 1. The van der Waals surface area contributed by atoms with Crippen LogP contribution in [0.15, 0.2) is 0 Å². The molecule has 0 spiro atoms. The van der Waals surface area contributed by atoms with Gasteiger partial charge >= 0.3 is 0 Å². The van der Waals surface area contributed by atoms with E-state index < -0.39 is 0 Å². The molecule has 4 nitrogen and oxygen atoms in total. The van der Waals surface area contributed by atoms with Crippen molar-refractivity contribution in [3.05, 3.63) is 0 Å². The lowest BCUT2D eigenvalue weighted by atomic mass is 9.98. The first-order chi connectivity index (χ1) is 6.45. The normalized spacial score (nSPS) is 12.9. The van der Waals surface area contributed by atoms with Gasteiger partial charge in [-0.1, -0.05) is 20.3 Å². The molecular formula is C10H21N3O. The quantitative estimate of drug-likeness (QED) is 0.325. The van der Waals surface area contributed by atoms with Gasteiger partial charge in [0.2, 0.25) is 0 Å². The molecule has 0 bridgehead atoms. The average molecular weight is 199 g/mol. The van der Waals surface area contributed by atoms with Crippen LogP contribution in [0.2, 0.25) is 0 Å². The van der Waals surface area contributed by atoms with E-state index in [1.165, 1.54) is 0 Å². The summed E-state index contributed by atoms with van der Waals surface area (Å²) < 4.78 is 0. The Labute approximate surface area is 85.6 Å². The Morgan fingerprint density at radius 1 is 1.36 bits per heavy atom. The van der Waals surface area contributed by atoms with Gasteiger partial charge in [0.15, 0.2) is 5.78 Å². The van der Waals surface area contributed by atoms with Gasteiger partial charge in [-0.25, -0.2) is 0 Å². The predicted octanol–water partition coefficient (Wildman–Crippen LogP) is 1.04. The van der Waals surface area contributed by atoms with Crippen LogP contribution in [-0.4, -0.2) is 17.7 Å². The maximum Gasteiger partial charge on any atom is 0.152 e. The van der Waals surface area contributed by atoms with Gasteiger partial charge in [0.05, 0.1) is 11.9 Å². The van der Waals surface area contributed by atoms with Gasteiger partial charge in [-0.15, -0.1) is 0 Å². The molecule has 0 unspecified atom stereocenters. The van der Waals surface area contributed by atoms with Crippen LogP contribution in [0.3, 0.4) is 0 Å². The van der Waals surface area contributed by atoms with Gasteiger partial charge in [0.1, 0.15) is 0 Å². The lowest BCUT2D eigenvalue weighted by Gasteiger charge is -2.12. The van der Waals surface area contributed by atoms with Gasteiger partial charge in [0, 0.05) is 12.3 Å². The zero-order valence-corrected chi connectivity index (χ0v) is 9.05. The van der Waals surface area contributed by atoms with Crippen LogP contribution in [0, 0.1) is 11.3 Å². The first-order valence-electron chi connectivity index (χ1n) is 5.07. The Balaban J connectivity index is 3.59. The molecule has 0 aliphatic rings. The number of nitrogens with one attached hydrogen (secondary N) is 1. The fraction of sp³-hybridized carbons (Fsp3) is 0.800. The molecule has 0 rings (SSSR count). The summed E-state index contributed by atoms with van der Waals surface area (Å²) in [6.07, 6.45) is 3.00. The van der Waals surface area contributed by atoms with Gasteiger partial charge in [-0.2, -0.15) is 0 Å². The number of carbonyl (C=O) groups excluding carboxylic acids is 1. The van der Waals surface area contributed by atoms with Crippen LogP contribution in [0.5, 0.6) is 0 Å². The summed E-state index contributed by atoms with van der Waals surface area (Å²) in [7, 11) is 0. The molecule has 14 heavy (non-hydrogen) atoms. The number of Topliss-reactive ketones (excluding diaryl/α,β-unsaturated/α-hetero) is 1. The van der Waals surface area contributed by atoms with Crippen molar-refractivity contribution in [1.29, 1.82) is 5.41 Å². The predicted molar refractivity (Wildman–Crippen MR) is 58.2 cm³/mol. The molecule has 0 aromatic heterocycles. The van der Waals surface area contributed by atoms with Crippen LogP contribution in [0.25, 0.3) is 0 Å². The molecule has 0 heterocycles. The number of carbonyl (C=O) groups is 1. The van der Waals surface area contributed by atoms with E-state index in [-0.39, 0.29) is 23.6 Å². The van der Waals surface area contributed by atoms with Crippen molar-refractivity contribution >= 4 is 11.6 Å². The topological polar surface area (TPSA) is 93.0 Å². The summed E-state index contributed by atoms with van der Waals surface area (Å²) in [5, 5.41) is 7.01. The molecule has 0 fully saturated rings. The van der Waals surface area contributed by atoms with E-state index in [4.69, 9.17) is 16.9 Å². The van der Waals surface area contributed by atoms with Gasteiger partial charge in [-0.05, 0) is 12.8 Å². The van der Waals surface area contributed by atoms with Crippen molar-refractivity contribution in [2.75, 3.05) is 0 Å². The molecular weight excluding hydrogens is 178 g/mol. The van der Waals surface area contributed by atoms with E-state index >= 15 is 0 Å². The van der Waals surface area contributed by atoms with E-state index in [1.807, 2.05) is 13.8 Å². The number of ketones is 1. The van der Waals surface area contributed by atoms with Crippen LogP contribution < -0.4 is 11.5 Å². The van der Waals surface area contributed by atoms with Crippen molar-refractivity contribution < 1.29 is 4.79 Å². The third-order valence-corrected chi connectivity index (χ3v) is 2.15.